The van der Waals surface area contributed by atoms with Crippen molar-refractivity contribution in [3.8, 4) is 0 Å². The Kier molecular flexibility index (Phi) is 2.99. The van der Waals surface area contributed by atoms with E-state index < -0.39 is 5.60 Å². The van der Waals surface area contributed by atoms with Crippen LogP contribution in [0.15, 0.2) is 6.20 Å². The molecule has 0 aliphatic rings. The van der Waals surface area contributed by atoms with E-state index >= 15 is 0 Å². The summed E-state index contributed by atoms with van der Waals surface area (Å²) in [4.78, 5) is 5.45. The molecule has 14 heavy (non-hydrogen) atoms. The molecule has 3 nitrogen and oxygen atoms in total. The fraction of sp³-hybridized carbons (Fsp3) is 0.700. The summed E-state index contributed by atoms with van der Waals surface area (Å²) in [6, 6.07) is 0. The molecule has 0 amide bonds. The number of hydrogen-bond donors (Lipinski definition) is 1. The number of thiazole rings is 1. The van der Waals surface area contributed by atoms with Gasteiger partial charge in [-0.1, -0.05) is 0 Å². The molecule has 1 N–H and O–H groups in total. The predicted molar refractivity (Wildman–Crippen MR) is 59.1 cm³/mol. The Bertz CT molecular complexity index is 307. The smallest absolute Gasteiger partial charge is 0.124 e. The van der Waals surface area contributed by atoms with Crippen LogP contribution in [0.3, 0.4) is 0 Å². The summed E-state index contributed by atoms with van der Waals surface area (Å²) >= 11 is 1.59. The summed E-state index contributed by atoms with van der Waals surface area (Å²) in [5.41, 5.74) is -0.812. The molecular formula is C10H19N2OS+. The normalized spacial score (nSPS) is 13.3. The molecule has 0 fully saturated rings. The molecule has 0 aromatic carbocycles. The van der Waals surface area contributed by atoms with Gasteiger partial charge in [-0.05, 0) is 13.8 Å². The van der Waals surface area contributed by atoms with Gasteiger partial charge in [0.05, 0.1) is 26.0 Å². The van der Waals surface area contributed by atoms with Gasteiger partial charge in [-0.2, -0.15) is 0 Å². The molecule has 0 radical (unpaired) electrons. The van der Waals surface area contributed by atoms with E-state index in [0.29, 0.717) is 0 Å². The van der Waals surface area contributed by atoms with Crippen LogP contribution in [0.1, 0.15) is 23.7 Å². The first-order valence-corrected chi connectivity index (χ1v) is 5.48. The van der Waals surface area contributed by atoms with Gasteiger partial charge in [-0.25, -0.2) is 4.98 Å². The Morgan fingerprint density at radius 2 is 2.00 bits per heavy atom. The van der Waals surface area contributed by atoms with E-state index in [1.54, 1.807) is 25.2 Å². The average Bonchev–Trinajstić information content (AvgIpc) is 2.29. The molecule has 0 atom stereocenters. The predicted octanol–water partition coefficient (Wildman–Crippen LogP) is 1.58. The van der Waals surface area contributed by atoms with Crippen LogP contribution in [0.5, 0.6) is 0 Å². The van der Waals surface area contributed by atoms with Crippen LogP contribution >= 0.6 is 11.3 Å². The second-order valence-electron chi connectivity index (χ2n) is 5.14. The van der Waals surface area contributed by atoms with Crippen LogP contribution in [0.25, 0.3) is 0 Å². The number of quaternary nitrogens is 1. The number of aromatic nitrogens is 1. The highest BCUT2D eigenvalue weighted by molar-refractivity contribution is 7.11. The van der Waals surface area contributed by atoms with Crippen molar-refractivity contribution in [2.45, 2.75) is 26.0 Å². The van der Waals surface area contributed by atoms with Gasteiger partial charge in [0.1, 0.15) is 17.2 Å². The van der Waals surface area contributed by atoms with Gasteiger partial charge in [0.15, 0.2) is 0 Å². The van der Waals surface area contributed by atoms with Gasteiger partial charge in [0.25, 0.3) is 0 Å². The van der Waals surface area contributed by atoms with E-state index in [4.69, 9.17) is 0 Å². The van der Waals surface area contributed by atoms with Crippen LogP contribution in [0.4, 0.5) is 0 Å². The molecule has 1 aromatic heterocycles. The molecule has 0 aliphatic carbocycles. The maximum atomic E-state index is 9.74. The molecule has 80 valence electrons. The molecule has 0 unspecified atom stereocenters. The maximum Gasteiger partial charge on any atom is 0.124 e. The molecule has 1 heterocycles. The summed E-state index contributed by atoms with van der Waals surface area (Å²) in [5.74, 6) is 0. The lowest BCUT2D eigenvalue weighted by molar-refractivity contribution is -0.883. The molecule has 4 heteroatoms. The third-order valence-corrected chi connectivity index (χ3v) is 3.00. The molecule has 0 aliphatic heterocycles. The van der Waals surface area contributed by atoms with Gasteiger partial charge in [0.2, 0.25) is 0 Å². The van der Waals surface area contributed by atoms with Crippen LogP contribution in [0.2, 0.25) is 0 Å². The van der Waals surface area contributed by atoms with Crippen LogP contribution in [0, 0.1) is 0 Å². The molecule has 0 spiro atoms. The molecule has 0 bridgehead atoms. The van der Waals surface area contributed by atoms with Gasteiger partial charge in [0, 0.05) is 6.20 Å². The van der Waals surface area contributed by atoms with Crippen LogP contribution in [-0.2, 0) is 12.1 Å². The highest BCUT2D eigenvalue weighted by Crippen LogP contribution is 2.25. The second kappa shape index (κ2) is 3.61. The Morgan fingerprint density at radius 3 is 2.36 bits per heavy atom. The van der Waals surface area contributed by atoms with Gasteiger partial charge < -0.3 is 9.59 Å². The Balaban J connectivity index is 2.79. The minimum Gasteiger partial charge on any atom is -0.383 e. The number of hydrogen-bond acceptors (Lipinski definition) is 3. The lowest BCUT2D eigenvalue weighted by Crippen LogP contribution is -2.32. The van der Waals surface area contributed by atoms with Gasteiger partial charge in [-0.3, -0.25) is 0 Å². The topological polar surface area (TPSA) is 33.1 Å². The zero-order valence-corrected chi connectivity index (χ0v) is 10.4. The standard InChI is InChI=1S/C10H19N2OS/c1-10(2,13)9-11-6-8(14-9)7-12(3,4)5/h6,13H,7H2,1-5H3/q+1. The fourth-order valence-electron chi connectivity index (χ4n) is 1.13. The van der Waals surface area contributed by atoms with E-state index in [1.807, 2.05) is 6.20 Å². The summed E-state index contributed by atoms with van der Waals surface area (Å²) < 4.78 is 0.882. The summed E-state index contributed by atoms with van der Waals surface area (Å²) in [6.45, 7) is 4.48. The monoisotopic (exact) mass is 215 g/mol. The summed E-state index contributed by atoms with van der Waals surface area (Å²) in [6.07, 6.45) is 1.86. The first-order valence-electron chi connectivity index (χ1n) is 4.66. The minimum absolute atomic E-state index is 0.793. The largest absolute Gasteiger partial charge is 0.383 e. The van der Waals surface area contributed by atoms with Crippen molar-refractivity contribution in [3.63, 3.8) is 0 Å². The van der Waals surface area contributed by atoms with Crippen LogP contribution < -0.4 is 0 Å². The molecule has 0 saturated heterocycles. The fourth-order valence-corrected chi connectivity index (χ4v) is 2.29. The zero-order valence-electron chi connectivity index (χ0n) is 9.53. The zero-order chi connectivity index (χ0) is 11.0. The molecule has 1 aromatic rings. The van der Waals surface area contributed by atoms with Crippen molar-refractivity contribution in [3.05, 3.63) is 16.1 Å². The first kappa shape index (κ1) is 11.6. The number of aliphatic hydroxyl groups is 1. The lowest BCUT2D eigenvalue weighted by atomic mass is 10.2. The van der Waals surface area contributed by atoms with Gasteiger partial charge in [-0.15, -0.1) is 11.3 Å². The van der Waals surface area contributed by atoms with Crippen molar-refractivity contribution in [1.82, 2.24) is 4.98 Å². The highest BCUT2D eigenvalue weighted by atomic mass is 32.1. The Morgan fingerprint density at radius 1 is 1.43 bits per heavy atom. The Labute approximate surface area is 89.6 Å². The first-order chi connectivity index (χ1) is 6.18. The average molecular weight is 215 g/mol. The quantitative estimate of drug-likeness (QED) is 0.777. The Hall–Kier alpha value is -0.450. The second-order valence-corrected chi connectivity index (χ2v) is 6.25. The third kappa shape index (κ3) is 3.36. The van der Waals surface area contributed by atoms with Crippen molar-refractivity contribution >= 4 is 11.3 Å². The van der Waals surface area contributed by atoms with E-state index in [-0.39, 0.29) is 0 Å². The summed E-state index contributed by atoms with van der Waals surface area (Å²) in [5, 5.41) is 10.5. The molecular weight excluding hydrogens is 196 g/mol. The van der Waals surface area contributed by atoms with E-state index in [0.717, 1.165) is 16.0 Å². The number of rotatable bonds is 3. The maximum absolute atomic E-state index is 9.74. The van der Waals surface area contributed by atoms with E-state index in [9.17, 15) is 5.11 Å². The number of nitrogens with zero attached hydrogens (tertiary/aromatic N) is 2. The third-order valence-electron chi connectivity index (χ3n) is 1.71. The van der Waals surface area contributed by atoms with E-state index in [2.05, 4.69) is 26.1 Å². The van der Waals surface area contributed by atoms with Crippen molar-refractivity contribution in [2.24, 2.45) is 0 Å². The SMILES string of the molecule is CC(C)(O)c1ncc(C[N+](C)(C)C)s1. The van der Waals surface area contributed by atoms with Gasteiger partial charge >= 0.3 is 0 Å². The molecule has 1 rings (SSSR count). The highest BCUT2D eigenvalue weighted by Gasteiger charge is 2.21. The summed E-state index contributed by atoms with van der Waals surface area (Å²) in [7, 11) is 6.43. The van der Waals surface area contributed by atoms with Crippen LogP contribution in [-0.4, -0.2) is 35.7 Å². The minimum atomic E-state index is -0.812. The molecule has 0 saturated carbocycles. The van der Waals surface area contributed by atoms with Crippen molar-refractivity contribution in [2.75, 3.05) is 21.1 Å². The van der Waals surface area contributed by atoms with E-state index in [1.165, 1.54) is 4.88 Å². The lowest BCUT2D eigenvalue weighted by Gasteiger charge is -2.22. The van der Waals surface area contributed by atoms with Crippen molar-refractivity contribution < 1.29 is 9.59 Å². The van der Waals surface area contributed by atoms with Crippen molar-refractivity contribution in [1.29, 1.82) is 0 Å².